The van der Waals surface area contributed by atoms with E-state index in [2.05, 4.69) is 43.4 Å². The summed E-state index contributed by atoms with van der Waals surface area (Å²) in [5.41, 5.74) is 1.36. The maximum absolute atomic E-state index is 3.74. The first-order valence-corrected chi connectivity index (χ1v) is 8.21. The summed E-state index contributed by atoms with van der Waals surface area (Å²) in [6.07, 6.45) is 5.52. The van der Waals surface area contributed by atoms with E-state index in [1.54, 1.807) is 0 Å². The molecule has 1 aromatic rings. The Balaban J connectivity index is 1.84. The Morgan fingerprint density at radius 1 is 1.39 bits per heavy atom. The fourth-order valence-electron chi connectivity index (χ4n) is 2.42. The quantitative estimate of drug-likeness (QED) is 0.738. The van der Waals surface area contributed by atoms with Gasteiger partial charge in [-0.25, -0.2) is 0 Å². The summed E-state index contributed by atoms with van der Waals surface area (Å²) in [5.74, 6) is 2.14. The molecule has 0 heterocycles. The first-order valence-electron chi connectivity index (χ1n) is 7.22. The first kappa shape index (κ1) is 14.0. The zero-order valence-electron chi connectivity index (χ0n) is 11.6. The molecule has 1 saturated carbocycles. The molecule has 0 spiro atoms. The molecule has 2 heteroatoms. The molecule has 1 aliphatic carbocycles. The van der Waals surface area contributed by atoms with Crippen molar-refractivity contribution in [3.63, 3.8) is 0 Å². The zero-order chi connectivity index (χ0) is 12.8. The van der Waals surface area contributed by atoms with Gasteiger partial charge >= 0.3 is 0 Å². The molecule has 1 N–H and O–H groups in total. The van der Waals surface area contributed by atoms with Crippen molar-refractivity contribution in [2.45, 2.75) is 50.5 Å². The lowest BCUT2D eigenvalue weighted by Gasteiger charge is -2.34. The Kier molecular flexibility index (Phi) is 5.58. The number of aryl methyl sites for hydroxylation is 1. The van der Waals surface area contributed by atoms with Gasteiger partial charge in [-0.1, -0.05) is 31.0 Å². The summed E-state index contributed by atoms with van der Waals surface area (Å²) in [4.78, 5) is 1.41. The number of hydrogen-bond acceptors (Lipinski definition) is 2. The third-order valence-corrected chi connectivity index (χ3v) is 4.91. The van der Waals surface area contributed by atoms with Gasteiger partial charge in [0.1, 0.15) is 0 Å². The van der Waals surface area contributed by atoms with E-state index in [4.69, 9.17) is 0 Å². The fourth-order valence-corrected chi connectivity index (χ4v) is 3.63. The lowest BCUT2D eigenvalue weighted by molar-refractivity contribution is 0.244. The molecular weight excluding hydrogens is 238 g/mol. The minimum Gasteiger partial charge on any atom is -0.313 e. The van der Waals surface area contributed by atoms with Crippen LogP contribution in [0.15, 0.2) is 29.2 Å². The van der Waals surface area contributed by atoms with Gasteiger partial charge in [0.2, 0.25) is 0 Å². The van der Waals surface area contributed by atoms with Gasteiger partial charge in [-0.3, -0.25) is 0 Å². The molecular formula is C16H25NS. The SMILES string of the molecule is CCCNC(CSc1cccc(C)c1)C1CCC1. The van der Waals surface area contributed by atoms with Crippen LogP contribution in [-0.4, -0.2) is 18.3 Å². The second-order valence-corrected chi connectivity index (χ2v) is 6.47. The van der Waals surface area contributed by atoms with Crippen LogP contribution in [0.2, 0.25) is 0 Å². The van der Waals surface area contributed by atoms with Gasteiger partial charge in [-0.05, 0) is 50.8 Å². The molecule has 0 amide bonds. The predicted molar refractivity (Wildman–Crippen MR) is 81.3 cm³/mol. The Labute approximate surface area is 116 Å². The number of rotatable bonds is 7. The Hall–Kier alpha value is -0.470. The van der Waals surface area contributed by atoms with Crippen LogP contribution in [0.5, 0.6) is 0 Å². The first-order chi connectivity index (χ1) is 8.79. The Bertz CT molecular complexity index is 360. The molecule has 1 aliphatic rings. The highest BCUT2D eigenvalue weighted by Gasteiger charge is 2.26. The average Bonchev–Trinajstić information content (AvgIpc) is 2.30. The van der Waals surface area contributed by atoms with Crippen molar-refractivity contribution in [2.75, 3.05) is 12.3 Å². The molecule has 1 nitrogen and oxygen atoms in total. The van der Waals surface area contributed by atoms with Crippen LogP contribution in [-0.2, 0) is 0 Å². The third-order valence-electron chi connectivity index (χ3n) is 3.79. The molecule has 1 fully saturated rings. The molecule has 18 heavy (non-hydrogen) atoms. The van der Waals surface area contributed by atoms with Crippen molar-refractivity contribution in [3.8, 4) is 0 Å². The molecule has 0 bridgehead atoms. The van der Waals surface area contributed by atoms with E-state index in [-0.39, 0.29) is 0 Å². The van der Waals surface area contributed by atoms with E-state index in [1.165, 1.54) is 41.9 Å². The van der Waals surface area contributed by atoms with Gasteiger partial charge in [-0.15, -0.1) is 11.8 Å². The van der Waals surface area contributed by atoms with Crippen LogP contribution in [0, 0.1) is 12.8 Å². The van der Waals surface area contributed by atoms with Crippen LogP contribution in [0.25, 0.3) is 0 Å². The van der Waals surface area contributed by atoms with Crippen LogP contribution in [0.4, 0.5) is 0 Å². The highest BCUT2D eigenvalue weighted by atomic mass is 32.2. The van der Waals surface area contributed by atoms with Crippen LogP contribution in [0.1, 0.15) is 38.2 Å². The second kappa shape index (κ2) is 7.20. The normalized spacial score (nSPS) is 17.4. The van der Waals surface area contributed by atoms with Gasteiger partial charge in [0.15, 0.2) is 0 Å². The molecule has 1 atom stereocenters. The molecule has 2 rings (SSSR count). The minimum absolute atomic E-state index is 0.712. The van der Waals surface area contributed by atoms with E-state index < -0.39 is 0 Å². The molecule has 1 aromatic carbocycles. The lowest BCUT2D eigenvalue weighted by atomic mass is 9.80. The Morgan fingerprint density at radius 2 is 2.22 bits per heavy atom. The number of benzene rings is 1. The van der Waals surface area contributed by atoms with Crippen LogP contribution >= 0.6 is 11.8 Å². The van der Waals surface area contributed by atoms with Crippen molar-refractivity contribution in [1.82, 2.24) is 5.32 Å². The second-order valence-electron chi connectivity index (χ2n) is 5.38. The summed E-state index contributed by atoms with van der Waals surface area (Å²) in [6.45, 7) is 5.58. The maximum Gasteiger partial charge on any atom is 0.0189 e. The van der Waals surface area contributed by atoms with Gasteiger partial charge in [0, 0.05) is 16.7 Å². The van der Waals surface area contributed by atoms with Crippen molar-refractivity contribution in [3.05, 3.63) is 29.8 Å². The van der Waals surface area contributed by atoms with Gasteiger partial charge < -0.3 is 5.32 Å². The van der Waals surface area contributed by atoms with Crippen molar-refractivity contribution >= 4 is 11.8 Å². The lowest BCUT2D eigenvalue weighted by Crippen LogP contribution is -2.41. The Morgan fingerprint density at radius 3 is 2.83 bits per heavy atom. The van der Waals surface area contributed by atoms with Crippen molar-refractivity contribution < 1.29 is 0 Å². The number of hydrogen-bond donors (Lipinski definition) is 1. The zero-order valence-corrected chi connectivity index (χ0v) is 12.4. The van der Waals surface area contributed by atoms with E-state index >= 15 is 0 Å². The maximum atomic E-state index is 3.74. The minimum atomic E-state index is 0.712. The van der Waals surface area contributed by atoms with Crippen molar-refractivity contribution in [1.29, 1.82) is 0 Å². The highest BCUT2D eigenvalue weighted by Crippen LogP contribution is 2.32. The largest absolute Gasteiger partial charge is 0.313 e. The molecule has 1 unspecified atom stereocenters. The molecule has 0 radical (unpaired) electrons. The van der Waals surface area contributed by atoms with Crippen LogP contribution in [0.3, 0.4) is 0 Å². The third kappa shape index (κ3) is 4.03. The monoisotopic (exact) mass is 263 g/mol. The van der Waals surface area contributed by atoms with E-state index in [9.17, 15) is 0 Å². The summed E-state index contributed by atoms with van der Waals surface area (Å²) in [7, 11) is 0. The summed E-state index contributed by atoms with van der Waals surface area (Å²) < 4.78 is 0. The van der Waals surface area contributed by atoms with Crippen LogP contribution < -0.4 is 5.32 Å². The van der Waals surface area contributed by atoms with E-state index in [0.717, 1.165) is 12.5 Å². The number of thioether (sulfide) groups is 1. The topological polar surface area (TPSA) is 12.0 Å². The highest BCUT2D eigenvalue weighted by molar-refractivity contribution is 7.99. The standard InChI is InChI=1S/C16H25NS/c1-3-10-17-16(14-7-5-8-14)12-18-15-9-4-6-13(2)11-15/h4,6,9,11,14,16-17H,3,5,7-8,10,12H2,1-2H3. The molecule has 100 valence electrons. The summed E-state index contributed by atoms with van der Waals surface area (Å²) in [6, 6.07) is 9.57. The van der Waals surface area contributed by atoms with Gasteiger partial charge in [0.25, 0.3) is 0 Å². The number of nitrogens with one attached hydrogen (secondary N) is 1. The van der Waals surface area contributed by atoms with E-state index in [0.29, 0.717) is 6.04 Å². The smallest absolute Gasteiger partial charge is 0.0189 e. The van der Waals surface area contributed by atoms with Crippen molar-refractivity contribution in [2.24, 2.45) is 5.92 Å². The molecule has 0 aromatic heterocycles. The van der Waals surface area contributed by atoms with E-state index in [1.807, 2.05) is 11.8 Å². The predicted octanol–water partition coefficient (Wildman–Crippen LogP) is 4.26. The van der Waals surface area contributed by atoms with Gasteiger partial charge in [-0.2, -0.15) is 0 Å². The molecule has 0 saturated heterocycles. The molecule has 0 aliphatic heterocycles. The average molecular weight is 263 g/mol. The summed E-state index contributed by atoms with van der Waals surface area (Å²) in [5, 5.41) is 3.74. The summed E-state index contributed by atoms with van der Waals surface area (Å²) >= 11 is 2.01. The van der Waals surface area contributed by atoms with Gasteiger partial charge in [0.05, 0.1) is 0 Å². The fraction of sp³-hybridized carbons (Fsp3) is 0.625.